The van der Waals surface area contributed by atoms with Crippen molar-refractivity contribution in [2.75, 3.05) is 26.8 Å². The molecular formula is C19H24N4O4. The fourth-order valence-electron chi connectivity index (χ4n) is 4.07. The van der Waals surface area contributed by atoms with Crippen molar-refractivity contribution in [3.05, 3.63) is 23.0 Å². The predicted octanol–water partition coefficient (Wildman–Crippen LogP) is 1.72. The number of rotatable bonds is 5. The van der Waals surface area contributed by atoms with Crippen LogP contribution in [-0.2, 0) is 16.6 Å². The molecule has 8 heteroatoms. The summed E-state index contributed by atoms with van der Waals surface area (Å²) in [5, 5.41) is 14.9. The molecule has 1 aliphatic heterocycles. The maximum Gasteiger partial charge on any atom is 0.313 e. The van der Waals surface area contributed by atoms with Gasteiger partial charge in [0, 0.05) is 38.9 Å². The second kappa shape index (κ2) is 6.30. The van der Waals surface area contributed by atoms with E-state index in [4.69, 9.17) is 9.72 Å². The van der Waals surface area contributed by atoms with Crippen LogP contribution in [0.4, 0.5) is 0 Å². The van der Waals surface area contributed by atoms with Crippen molar-refractivity contribution in [3.63, 3.8) is 0 Å². The first-order valence-corrected chi connectivity index (χ1v) is 9.22. The maximum absolute atomic E-state index is 13.4. The Balaban J connectivity index is 1.74. The molecule has 1 saturated carbocycles. The van der Waals surface area contributed by atoms with Gasteiger partial charge in [0.05, 0.1) is 23.3 Å². The number of ether oxygens (including phenoxy) is 1. The van der Waals surface area contributed by atoms with Crippen LogP contribution in [0.3, 0.4) is 0 Å². The van der Waals surface area contributed by atoms with E-state index >= 15 is 0 Å². The molecule has 1 N–H and O–H groups in total. The number of amides is 1. The van der Waals surface area contributed by atoms with Gasteiger partial charge in [0.25, 0.3) is 5.91 Å². The largest absolute Gasteiger partial charge is 0.481 e. The van der Waals surface area contributed by atoms with Crippen molar-refractivity contribution in [2.24, 2.45) is 12.5 Å². The lowest BCUT2D eigenvalue weighted by Gasteiger charge is -2.24. The van der Waals surface area contributed by atoms with E-state index in [-0.39, 0.29) is 19.1 Å². The highest BCUT2D eigenvalue weighted by molar-refractivity contribution is 6.07. The lowest BCUT2D eigenvalue weighted by Crippen LogP contribution is -2.40. The molecule has 3 heterocycles. The van der Waals surface area contributed by atoms with Gasteiger partial charge in [-0.3, -0.25) is 14.3 Å². The van der Waals surface area contributed by atoms with Crippen LogP contribution in [-0.4, -0.2) is 63.5 Å². The third-order valence-corrected chi connectivity index (χ3v) is 5.73. The first-order valence-electron chi connectivity index (χ1n) is 9.22. The summed E-state index contributed by atoms with van der Waals surface area (Å²) >= 11 is 0. The van der Waals surface area contributed by atoms with E-state index in [0.717, 1.165) is 29.6 Å². The molecule has 0 radical (unpaired) electrons. The van der Waals surface area contributed by atoms with Crippen LogP contribution in [0, 0.1) is 12.3 Å². The van der Waals surface area contributed by atoms with Gasteiger partial charge in [0.2, 0.25) is 0 Å². The third kappa shape index (κ3) is 2.88. The van der Waals surface area contributed by atoms with Crippen molar-refractivity contribution in [2.45, 2.75) is 32.1 Å². The van der Waals surface area contributed by atoms with E-state index in [9.17, 15) is 14.7 Å². The Kier molecular flexibility index (Phi) is 4.18. The second-order valence-corrected chi connectivity index (χ2v) is 7.77. The van der Waals surface area contributed by atoms with Gasteiger partial charge in [-0.25, -0.2) is 4.98 Å². The van der Waals surface area contributed by atoms with Crippen molar-refractivity contribution in [1.82, 2.24) is 19.7 Å². The summed E-state index contributed by atoms with van der Waals surface area (Å²) in [5.41, 5.74) is 1.92. The highest BCUT2D eigenvalue weighted by Gasteiger charge is 2.47. The van der Waals surface area contributed by atoms with Crippen molar-refractivity contribution in [3.8, 4) is 0 Å². The van der Waals surface area contributed by atoms with Crippen LogP contribution in [0.2, 0.25) is 0 Å². The van der Waals surface area contributed by atoms with Crippen molar-refractivity contribution < 1.29 is 19.4 Å². The zero-order valence-electron chi connectivity index (χ0n) is 15.9. The number of hydrogen-bond donors (Lipinski definition) is 1. The summed E-state index contributed by atoms with van der Waals surface area (Å²) < 4.78 is 6.85. The summed E-state index contributed by atoms with van der Waals surface area (Å²) in [7, 11) is 3.32. The highest BCUT2D eigenvalue weighted by atomic mass is 16.5. The highest BCUT2D eigenvalue weighted by Crippen LogP contribution is 2.41. The fourth-order valence-corrected chi connectivity index (χ4v) is 4.07. The van der Waals surface area contributed by atoms with Crippen LogP contribution in [0.25, 0.3) is 11.0 Å². The number of nitrogens with zero attached hydrogens (tertiary/aromatic N) is 4. The van der Waals surface area contributed by atoms with Gasteiger partial charge < -0.3 is 14.7 Å². The summed E-state index contributed by atoms with van der Waals surface area (Å²) in [6.45, 7) is 2.51. The van der Waals surface area contributed by atoms with Gasteiger partial charge in [-0.1, -0.05) is 0 Å². The molecule has 2 fully saturated rings. The number of carbonyl (C=O) groups is 2. The molecule has 1 atom stereocenters. The van der Waals surface area contributed by atoms with Crippen molar-refractivity contribution >= 4 is 22.9 Å². The Morgan fingerprint density at radius 2 is 2.15 bits per heavy atom. The molecule has 27 heavy (non-hydrogen) atoms. The standard InChI is InChI=1S/C19H24N4O4/c1-11-15-13(8-14(12-4-5-12)20-16(15)22(2)21-11)17(24)23-7-6-19(9-23,10-27-3)18(25)26/h8,12H,4-7,9-10H2,1-3H3,(H,25,26). The number of likely N-dealkylation sites (tertiary alicyclic amines) is 1. The zero-order valence-corrected chi connectivity index (χ0v) is 15.9. The van der Waals surface area contributed by atoms with Gasteiger partial charge in [-0.05, 0) is 32.3 Å². The van der Waals surface area contributed by atoms with E-state index < -0.39 is 11.4 Å². The van der Waals surface area contributed by atoms with E-state index in [1.165, 1.54) is 7.11 Å². The molecule has 1 saturated heterocycles. The Hall–Kier alpha value is -2.48. The number of methoxy groups -OCH3 is 1. The van der Waals surface area contributed by atoms with Crippen LogP contribution in [0.5, 0.6) is 0 Å². The minimum absolute atomic E-state index is 0.0944. The first-order chi connectivity index (χ1) is 12.9. The van der Waals surface area contributed by atoms with Gasteiger partial charge in [-0.15, -0.1) is 0 Å². The van der Waals surface area contributed by atoms with Crippen LogP contribution >= 0.6 is 0 Å². The smallest absolute Gasteiger partial charge is 0.313 e. The van der Waals surface area contributed by atoms with E-state index in [2.05, 4.69) is 5.10 Å². The van der Waals surface area contributed by atoms with Crippen LogP contribution < -0.4 is 0 Å². The maximum atomic E-state index is 13.4. The number of carbonyl (C=O) groups excluding carboxylic acids is 1. The molecule has 0 bridgehead atoms. The molecule has 0 spiro atoms. The summed E-state index contributed by atoms with van der Waals surface area (Å²) in [6, 6.07) is 1.88. The van der Waals surface area contributed by atoms with E-state index in [0.29, 0.717) is 30.1 Å². The average molecular weight is 372 g/mol. The molecule has 144 valence electrons. The molecule has 2 aliphatic rings. The lowest BCUT2D eigenvalue weighted by molar-refractivity contribution is -0.151. The Labute approximate surface area is 157 Å². The SMILES string of the molecule is COCC1(C(=O)O)CCN(C(=O)c2cc(C3CC3)nc3c2c(C)nn3C)C1. The van der Waals surface area contributed by atoms with Gasteiger partial charge >= 0.3 is 5.97 Å². The van der Waals surface area contributed by atoms with Crippen molar-refractivity contribution in [1.29, 1.82) is 0 Å². The monoisotopic (exact) mass is 372 g/mol. The normalized spacial score (nSPS) is 22.6. The molecule has 2 aromatic heterocycles. The van der Waals surface area contributed by atoms with E-state index in [1.807, 2.05) is 20.0 Å². The quantitative estimate of drug-likeness (QED) is 0.858. The zero-order chi connectivity index (χ0) is 19.3. The Morgan fingerprint density at radius 1 is 1.41 bits per heavy atom. The fraction of sp³-hybridized carbons (Fsp3) is 0.579. The molecule has 1 amide bonds. The number of fused-ring (bicyclic) bond motifs is 1. The Bertz CT molecular complexity index is 933. The van der Waals surface area contributed by atoms with Gasteiger partial charge in [0.15, 0.2) is 5.65 Å². The van der Waals surface area contributed by atoms with Crippen LogP contribution in [0.15, 0.2) is 6.07 Å². The number of carboxylic acids is 1. The second-order valence-electron chi connectivity index (χ2n) is 7.77. The average Bonchev–Trinajstić information content (AvgIpc) is 3.33. The summed E-state index contributed by atoms with van der Waals surface area (Å²) in [5.74, 6) is -0.670. The van der Waals surface area contributed by atoms with Crippen LogP contribution in [0.1, 0.15) is 46.9 Å². The number of aryl methyl sites for hydroxylation is 2. The first kappa shape index (κ1) is 17.9. The van der Waals surface area contributed by atoms with Gasteiger partial charge in [-0.2, -0.15) is 5.10 Å². The number of carboxylic acid groups (broad SMARTS) is 1. The molecule has 0 aromatic carbocycles. The Morgan fingerprint density at radius 3 is 2.78 bits per heavy atom. The molecular weight excluding hydrogens is 348 g/mol. The summed E-state index contributed by atoms with van der Waals surface area (Å²) in [6.07, 6.45) is 2.56. The number of aromatic nitrogens is 3. The topological polar surface area (TPSA) is 97.6 Å². The number of hydrogen-bond acceptors (Lipinski definition) is 5. The van der Waals surface area contributed by atoms with Gasteiger partial charge in [0.1, 0.15) is 5.41 Å². The number of pyridine rings is 1. The minimum Gasteiger partial charge on any atom is -0.481 e. The predicted molar refractivity (Wildman–Crippen MR) is 97.7 cm³/mol. The molecule has 1 unspecified atom stereocenters. The van der Waals surface area contributed by atoms with E-state index in [1.54, 1.807) is 9.58 Å². The molecule has 8 nitrogen and oxygen atoms in total. The summed E-state index contributed by atoms with van der Waals surface area (Å²) in [4.78, 5) is 31.5. The molecule has 1 aliphatic carbocycles. The third-order valence-electron chi connectivity index (χ3n) is 5.73. The molecule has 4 rings (SSSR count). The minimum atomic E-state index is -1.04. The molecule has 2 aromatic rings. The lowest BCUT2D eigenvalue weighted by atomic mass is 9.88. The number of aliphatic carboxylic acids is 1.